The van der Waals surface area contributed by atoms with Crippen molar-refractivity contribution in [3.8, 4) is 11.3 Å². The highest BCUT2D eigenvalue weighted by Gasteiger charge is 2.25. The van der Waals surface area contributed by atoms with E-state index in [0.717, 1.165) is 42.5 Å². The van der Waals surface area contributed by atoms with Crippen LogP contribution >= 0.6 is 22.9 Å². The molecule has 0 saturated carbocycles. The van der Waals surface area contributed by atoms with Gasteiger partial charge in [-0.15, -0.1) is 11.3 Å². The Labute approximate surface area is 191 Å². The summed E-state index contributed by atoms with van der Waals surface area (Å²) in [5.74, 6) is 0. The highest BCUT2D eigenvalue weighted by molar-refractivity contribution is 7.89. The van der Waals surface area contributed by atoms with Crippen molar-refractivity contribution in [3.05, 3.63) is 64.5 Å². The van der Waals surface area contributed by atoms with Crippen LogP contribution in [0, 0.1) is 0 Å². The quantitative estimate of drug-likeness (QED) is 0.379. The van der Waals surface area contributed by atoms with Crippen molar-refractivity contribution >= 4 is 44.3 Å². The van der Waals surface area contributed by atoms with Gasteiger partial charge in [-0.05, 0) is 31.0 Å². The molecular weight excluding hydrogens is 452 g/mol. The van der Waals surface area contributed by atoms with E-state index in [1.54, 1.807) is 40.9 Å². The Hall–Kier alpha value is -2.26. The number of sulfonamides is 1. The van der Waals surface area contributed by atoms with Crippen LogP contribution in [0.25, 0.3) is 11.3 Å². The molecule has 1 aliphatic rings. The topological polar surface area (TPSA) is 74.7 Å². The zero-order valence-corrected chi connectivity index (χ0v) is 19.3. The first-order valence-electron chi connectivity index (χ1n) is 10.1. The number of nitrogens with one attached hydrogen (secondary N) is 1. The standard InChI is InChI=1S/C22H23ClN4O2S2/c23-20-8-4-3-7-18(20)15-24-26-22-25-21(16-30-22)17-9-11-19(12-10-17)31(28,29)27-13-5-1-2-6-14-27/h3-4,7-12,15-16H,1-2,5-6,13-14H2,(H,25,26)/b24-15+. The maximum absolute atomic E-state index is 12.9. The molecule has 0 bridgehead atoms. The number of nitrogens with zero attached hydrogens (tertiary/aromatic N) is 3. The smallest absolute Gasteiger partial charge is 0.243 e. The fraction of sp³-hybridized carbons (Fsp3) is 0.273. The van der Waals surface area contributed by atoms with E-state index >= 15 is 0 Å². The van der Waals surface area contributed by atoms with Gasteiger partial charge < -0.3 is 0 Å². The van der Waals surface area contributed by atoms with Gasteiger partial charge in [-0.25, -0.2) is 13.4 Å². The molecule has 2 aromatic carbocycles. The van der Waals surface area contributed by atoms with Crippen molar-refractivity contribution in [1.82, 2.24) is 9.29 Å². The molecular formula is C22H23ClN4O2S2. The number of halogens is 1. The molecule has 1 saturated heterocycles. The van der Waals surface area contributed by atoms with Crippen molar-refractivity contribution < 1.29 is 8.42 Å². The Bertz CT molecular complexity index is 1150. The van der Waals surface area contributed by atoms with Crippen LogP contribution in [0.5, 0.6) is 0 Å². The number of hydrogen-bond donors (Lipinski definition) is 1. The second kappa shape index (κ2) is 9.91. The van der Waals surface area contributed by atoms with E-state index in [1.807, 2.05) is 23.6 Å². The van der Waals surface area contributed by atoms with E-state index in [9.17, 15) is 8.42 Å². The first kappa shape index (κ1) is 22.0. The van der Waals surface area contributed by atoms with E-state index in [2.05, 4.69) is 15.5 Å². The Morgan fingerprint density at radius 1 is 1.03 bits per heavy atom. The maximum atomic E-state index is 12.9. The zero-order chi connectivity index (χ0) is 21.7. The fourth-order valence-corrected chi connectivity index (χ4v) is 5.79. The summed E-state index contributed by atoms with van der Waals surface area (Å²) >= 11 is 7.54. The van der Waals surface area contributed by atoms with Crippen LogP contribution in [-0.2, 0) is 10.0 Å². The van der Waals surface area contributed by atoms with Crippen LogP contribution in [-0.4, -0.2) is 37.0 Å². The SMILES string of the molecule is O=S(=O)(c1ccc(-c2csc(N/N=C/c3ccccc3Cl)n2)cc1)N1CCCCCC1. The normalized spacial score (nSPS) is 15.8. The van der Waals surface area contributed by atoms with Gasteiger partial charge in [0.15, 0.2) is 0 Å². The van der Waals surface area contributed by atoms with Gasteiger partial charge in [0.05, 0.1) is 16.8 Å². The van der Waals surface area contributed by atoms with Gasteiger partial charge >= 0.3 is 0 Å². The summed E-state index contributed by atoms with van der Waals surface area (Å²) < 4.78 is 27.5. The summed E-state index contributed by atoms with van der Waals surface area (Å²) in [5.41, 5.74) is 5.34. The zero-order valence-electron chi connectivity index (χ0n) is 16.9. The van der Waals surface area contributed by atoms with Crippen molar-refractivity contribution in [2.45, 2.75) is 30.6 Å². The maximum Gasteiger partial charge on any atom is 0.243 e. The Balaban J connectivity index is 1.44. The Morgan fingerprint density at radius 2 is 1.74 bits per heavy atom. The summed E-state index contributed by atoms with van der Waals surface area (Å²) in [7, 11) is -3.45. The summed E-state index contributed by atoms with van der Waals surface area (Å²) in [6.07, 6.45) is 5.67. The van der Waals surface area contributed by atoms with E-state index in [4.69, 9.17) is 11.6 Å². The molecule has 1 aromatic heterocycles. The highest BCUT2D eigenvalue weighted by Crippen LogP contribution is 2.27. The minimum Gasteiger partial charge on any atom is -0.253 e. The van der Waals surface area contributed by atoms with Crippen molar-refractivity contribution in [2.24, 2.45) is 5.10 Å². The second-order valence-corrected chi connectivity index (χ2v) is 10.5. The van der Waals surface area contributed by atoms with Gasteiger partial charge in [0.2, 0.25) is 15.2 Å². The number of aromatic nitrogens is 1. The highest BCUT2D eigenvalue weighted by atomic mass is 35.5. The van der Waals surface area contributed by atoms with Crippen LogP contribution < -0.4 is 5.43 Å². The third kappa shape index (κ3) is 5.33. The van der Waals surface area contributed by atoms with Crippen molar-refractivity contribution in [1.29, 1.82) is 0 Å². The first-order valence-corrected chi connectivity index (χ1v) is 12.8. The average Bonchev–Trinajstić information content (AvgIpc) is 3.07. The van der Waals surface area contributed by atoms with Crippen LogP contribution in [0.1, 0.15) is 31.2 Å². The molecule has 1 fully saturated rings. The lowest BCUT2D eigenvalue weighted by Crippen LogP contribution is -2.31. The lowest BCUT2D eigenvalue weighted by molar-refractivity contribution is 0.424. The lowest BCUT2D eigenvalue weighted by atomic mass is 10.2. The molecule has 0 radical (unpaired) electrons. The molecule has 31 heavy (non-hydrogen) atoms. The third-order valence-electron chi connectivity index (χ3n) is 5.13. The Morgan fingerprint density at radius 3 is 2.45 bits per heavy atom. The number of rotatable bonds is 6. The van der Waals surface area contributed by atoms with Gasteiger partial charge in [-0.1, -0.05) is 54.8 Å². The van der Waals surface area contributed by atoms with Crippen LogP contribution in [0.15, 0.2) is 63.9 Å². The number of thiazole rings is 1. The molecule has 9 heteroatoms. The first-order chi connectivity index (χ1) is 15.0. The minimum atomic E-state index is -3.45. The van der Waals surface area contributed by atoms with Gasteiger partial charge in [0.1, 0.15) is 0 Å². The minimum absolute atomic E-state index is 0.330. The van der Waals surface area contributed by atoms with Crippen LogP contribution in [0.4, 0.5) is 5.13 Å². The summed E-state index contributed by atoms with van der Waals surface area (Å²) in [5, 5.41) is 7.36. The molecule has 162 valence electrons. The number of hydrazone groups is 1. The molecule has 3 aromatic rings. The average molecular weight is 475 g/mol. The molecule has 6 nitrogen and oxygen atoms in total. The fourth-order valence-electron chi connectivity index (χ4n) is 3.42. The molecule has 2 heterocycles. The second-order valence-electron chi connectivity index (χ2n) is 7.27. The van der Waals surface area contributed by atoms with E-state index in [-0.39, 0.29) is 0 Å². The van der Waals surface area contributed by atoms with E-state index < -0.39 is 10.0 Å². The molecule has 4 rings (SSSR count). The van der Waals surface area contributed by atoms with Crippen molar-refractivity contribution in [3.63, 3.8) is 0 Å². The van der Waals surface area contributed by atoms with Gasteiger partial charge in [-0.2, -0.15) is 9.41 Å². The molecule has 1 N–H and O–H groups in total. The van der Waals surface area contributed by atoms with Gasteiger partial charge in [0, 0.05) is 34.6 Å². The van der Waals surface area contributed by atoms with Crippen molar-refractivity contribution in [2.75, 3.05) is 18.5 Å². The van der Waals surface area contributed by atoms with Crippen LogP contribution in [0.3, 0.4) is 0 Å². The van der Waals surface area contributed by atoms with Gasteiger partial charge in [-0.3, -0.25) is 5.43 Å². The number of benzene rings is 2. The molecule has 1 aliphatic heterocycles. The molecule has 0 spiro atoms. The number of anilines is 1. The lowest BCUT2D eigenvalue weighted by Gasteiger charge is -2.19. The monoisotopic (exact) mass is 474 g/mol. The predicted octanol–water partition coefficient (Wildman–Crippen LogP) is 5.47. The largest absolute Gasteiger partial charge is 0.253 e. The molecule has 0 aliphatic carbocycles. The molecule has 0 amide bonds. The van der Waals surface area contributed by atoms with E-state index in [1.165, 1.54) is 11.3 Å². The summed E-state index contributed by atoms with van der Waals surface area (Å²) in [6, 6.07) is 14.4. The third-order valence-corrected chi connectivity index (χ3v) is 8.13. The molecule has 0 atom stereocenters. The molecule has 0 unspecified atom stereocenters. The number of hydrogen-bond acceptors (Lipinski definition) is 6. The van der Waals surface area contributed by atoms with Gasteiger partial charge in [0.25, 0.3) is 0 Å². The van der Waals surface area contributed by atoms with E-state index in [0.29, 0.717) is 28.1 Å². The summed E-state index contributed by atoms with van der Waals surface area (Å²) in [4.78, 5) is 4.86. The Kier molecular flexibility index (Phi) is 7.02. The summed E-state index contributed by atoms with van der Waals surface area (Å²) in [6.45, 7) is 1.19. The predicted molar refractivity (Wildman–Crippen MR) is 127 cm³/mol. The van der Waals surface area contributed by atoms with Crippen LogP contribution in [0.2, 0.25) is 5.02 Å².